The first kappa shape index (κ1) is 15.9. The Bertz CT molecular complexity index is 821. The lowest BCUT2D eigenvalue weighted by atomic mass is 9.77. The van der Waals surface area contributed by atoms with Crippen LogP contribution in [0.3, 0.4) is 0 Å². The number of benzene rings is 2. The normalized spacial score (nSPS) is 23.1. The molecule has 0 amide bonds. The maximum Gasteiger partial charge on any atom is 0.328 e. The fourth-order valence-corrected chi connectivity index (χ4v) is 4.20. The minimum Gasteiger partial charge on any atom is -0.733 e. The molecule has 0 saturated carbocycles. The fraction of sp³-hybridized carbons (Fsp3) is 0.316. The van der Waals surface area contributed by atoms with E-state index in [1.807, 2.05) is 18.2 Å². The number of hydrogen-bond acceptors (Lipinski definition) is 6. The summed E-state index contributed by atoms with van der Waals surface area (Å²) in [6.45, 7) is 2.07. The van der Waals surface area contributed by atoms with E-state index in [4.69, 9.17) is 4.74 Å². The van der Waals surface area contributed by atoms with Gasteiger partial charge in [-0.2, -0.15) is 0 Å². The lowest BCUT2D eigenvalue weighted by Gasteiger charge is -2.38. The molecule has 130 valence electrons. The van der Waals surface area contributed by atoms with Gasteiger partial charge in [-0.25, -0.2) is 4.79 Å². The van der Waals surface area contributed by atoms with Gasteiger partial charge in [0.2, 0.25) is 0 Å². The summed E-state index contributed by atoms with van der Waals surface area (Å²) in [4.78, 5) is 12.5. The van der Waals surface area contributed by atoms with Crippen molar-refractivity contribution < 1.29 is 14.7 Å². The highest BCUT2D eigenvalue weighted by Gasteiger charge is 2.46. The number of esters is 1. The third-order valence-electron chi connectivity index (χ3n) is 5.16. The molecule has 0 saturated heterocycles. The Kier molecular flexibility index (Phi) is 3.86. The number of carbonyl (C=O) groups is 1. The van der Waals surface area contributed by atoms with Crippen LogP contribution in [0.25, 0.3) is 0 Å². The molecule has 1 aliphatic carbocycles. The van der Waals surface area contributed by atoms with Crippen LogP contribution in [0, 0.1) is 11.1 Å². The molecule has 1 aliphatic heterocycles. The molecule has 2 aliphatic rings. The summed E-state index contributed by atoms with van der Waals surface area (Å²) in [5, 5.41) is 24.0. The van der Waals surface area contributed by atoms with Crippen LogP contribution in [0.4, 0.5) is 11.4 Å². The molecule has 0 radical (unpaired) electrons. The first-order chi connectivity index (χ1) is 12.1. The first-order valence-corrected chi connectivity index (χ1v) is 8.41. The minimum atomic E-state index is -0.564. The Morgan fingerprint density at radius 2 is 2.04 bits per heavy atom. The van der Waals surface area contributed by atoms with Crippen LogP contribution in [0.15, 0.2) is 42.5 Å². The van der Waals surface area contributed by atoms with Crippen molar-refractivity contribution in [2.24, 2.45) is 5.92 Å². The van der Waals surface area contributed by atoms with Gasteiger partial charge in [0.1, 0.15) is 6.04 Å². The molecule has 0 aromatic heterocycles. The first-order valence-electron chi connectivity index (χ1n) is 8.41. The Morgan fingerprint density at radius 3 is 2.80 bits per heavy atom. The summed E-state index contributed by atoms with van der Waals surface area (Å²) in [6.07, 6.45) is 0.765. The molecule has 0 spiro atoms. The van der Waals surface area contributed by atoms with Crippen molar-refractivity contribution in [1.82, 2.24) is 0 Å². The predicted molar refractivity (Wildman–Crippen MR) is 93.6 cm³/mol. The average molecular weight is 339 g/mol. The maximum atomic E-state index is 12.5. The predicted octanol–water partition coefficient (Wildman–Crippen LogP) is 3.04. The Labute approximate surface area is 145 Å². The summed E-state index contributed by atoms with van der Waals surface area (Å²) < 4.78 is 5.25. The molecule has 2 aromatic carbocycles. The Balaban J connectivity index is 1.88. The highest BCUT2D eigenvalue weighted by molar-refractivity contribution is 5.86. The van der Waals surface area contributed by atoms with Crippen LogP contribution in [0.2, 0.25) is 0 Å². The van der Waals surface area contributed by atoms with E-state index in [9.17, 15) is 15.2 Å². The van der Waals surface area contributed by atoms with E-state index >= 15 is 0 Å². The van der Waals surface area contributed by atoms with Crippen LogP contribution < -0.4 is 10.5 Å². The van der Waals surface area contributed by atoms with Crippen LogP contribution in [0.5, 0.6) is 0 Å². The summed E-state index contributed by atoms with van der Waals surface area (Å²) >= 11 is 0. The molecule has 25 heavy (non-hydrogen) atoms. The summed E-state index contributed by atoms with van der Waals surface area (Å²) in [7, 11) is 0. The third kappa shape index (κ3) is 2.45. The highest BCUT2D eigenvalue weighted by atomic mass is 16.8. The van der Waals surface area contributed by atoms with Gasteiger partial charge < -0.3 is 20.5 Å². The molecule has 3 unspecified atom stereocenters. The van der Waals surface area contributed by atoms with Crippen LogP contribution in [-0.4, -0.2) is 23.8 Å². The topological polar surface area (TPSA) is 84.9 Å². The lowest BCUT2D eigenvalue weighted by Crippen LogP contribution is -2.44. The van der Waals surface area contributed by atoms with Gasteiger partial charge in [-0.1, -0.05) is 36.4 Å². The van der Waals surface area contributed by atoms with Crippen LogP contribution >= 0.6 is 0 Å². The van der Waals surface area contributed by atoms with Gasteiger partial charge in [0.15, 0.2) is 0 Å². The van der Waals surface area contributed by atoms with E-state index in [0.29, 0.717) is 12.3 Å². The lowest BCUT2D eigenvalue weighted by molar-refractivity contribution is -0.145. The van der Waals surface area contributed by atoms with Gasteiger partial charge in [-0.15, -0.1) is 0 Å². The second kappa shape index (κ2) is 6.06. The Hall–Kier alpha value is -2.57. The van der Waals surface area contributed by atoms with E-state index < -0.39 is 6.04 Å². The van der Waals surface area contributed by atoms with Gasteiger partial charge in [0.05, 0.1) is 18.0 Å². The molecule has 3 atom stereocenters. The summed E-state index contributed by atoms with van der Waals surface area (Å²) in [6, 6.07) is 12.8. The zero-order chi connectivity index (χ0) is 17.6. The van der Waals surface area contributed by atoms with E-state index in [1.54, 1.807) is 13.0 Å². The van der Waals surface area contributed by atoms with E-state index in [0.717, 1.165) is 17.5 Å². The van der Waals surface area contributed by atoms with Crippen molar-refractivity contribution >= 4 is 17.3 Å². The minimum absolute atomic E-state index is 0.0120. The number of para-hydroxylation sites is 1. The van der Waals surface area contributed by atoms with Gasteiger partial charge in [-0.05, 0) is 36.1 Å². The summed E-state index contributed by atoms with van der Waals surface area (Å²) in [5.41, 5.74) is 3.89. The van der Waals surface area contributed by atoms with Crippen molar-refractivity contribution in [3.05, 3.63) is 64.4 Å². The Morgan fingerprint density at radius 1 is 1.28 bits per heavy atom. The number of nitrogens with one attached hydrogen (secondary N) is 1. The van der Waals surface area contributed by atoms with Crippen molar-refractivity contribution in [3.8, 4) is 0 Å². The van der Waals surface area contributed by atoms with Crippen molar-refractivity contribution in [2.75, 3.05) is 17.2 Å². The molecule has 2 N–H and O–H groups in total. The fourth-order valence-electron chi connectivity index (χ4n) is 4.20. The zero-order valence-electron chi connectivity index (χ0n) is 13.8. The number of ether oxygens (including phenoxy) is 1. The number of anilines is 2. The zero-order valence-corrected chi connectivity index (χ0v) is 13.8. The molecule has 2 aromatic rings. The molecule has 0 fully saturated rings. The number of hydrogen-bond donors (Lipinski definition) is 2. The van der Waals surface area contributed by atoms with Gasteiger partial charge in [-0.3, -0.25) is 5.21 Å². The summed E-state index contributed by atoms with van der Waals surface area (Å²) in [5.74, 6) is -0.333. The van der Waals surface area contributed by atoms with Gasteiger partial charge in [0, 0.05) is 11.8 Å². The van der Waals surface area contributed by atoms with E-state index in [1.165, 1.54) is 11.6 Å². The van der Waals surface area contributed by atoms with Crippen molar-refractivity contribution in [1.29, 1.82) is 0 Å². The van der Waals surface area contributed by atoms with Crippen molar-refractivity contribution in [2.45, 2.75) is 25.3 Å². The molecule has 4 rings (SSSR count). The highest BCUT2D eigenvalue weighted by Crippen LogP contribution is 2.51. The maximum absolute atomic E-state index is 12.5. The van der Waals surface area contributed by atoms with Gasteiger partial charge in [0.25, 0.3) is 0 Å². The molecular weight excluding hydrogens is 320 g/mol. The average Bonchev–Trinajstić information content (AvgIpc) is 3.00. The van der Waals surface area contributed by atoms with Gasteiger partial charge >= 0.3 is 5.97 Å². The molecular formula is C19H19N2O4-. The second-order valence-electron chi connectivity index (χ2n) is 6.43. The molecule has 6 heteroatoms. The molecule has 1 heterocycles. The quantitative estimate of drug-likeness (QED) is 0.660. The van der Waals surface area contributed by atoms with Crippen LogP contribution in [0.1, 0.15) is 29.5 Å². The number of nitrogens with zero attached hydrogens (tertiary/aromatic N) is 1. The van der Waals surface area contributed by atoms with Crippen molar-refractivity contribution in [3.63, 3.8) is 0 Å². The number of fused-ring (bicyclic) bond motifs is 5. The smallest absolute Gasteiger partial charge is 0.328 e. The number of rotatable bonds is 3. The third-order valence-corrected chi connectivity index (χ3v) is 5.16. The number of carbonyl (C=O) groups excluding carboxylic acids is 1. The molecule has 6 nitrogen and oxygen atoms in total. The van der Waals surface area contributed by atoms with E-state index in [2.05, 4.69) is 17.4 Å². The second-order valence-corrected chi connectivity index (χ2v) is 6.43. The van der Waals surface area contributed by atoms with E-state index in [-0.39, 0.29) is 28.7 Å². The monoisotopic (exact) mass is 339 g/mol. The SMILES string of the molecule is CCOC(=O)C1Nc2c(cccc2N([O-])O)C2c3ccccc3CC12. The standard InChI is InChI=1S/C19H19N2O4/c1-2-25-19(22)18-14-10-11-6-3-4-7-12(11)16(14)13-8-5-9-15(21(23)24)17(13)20-18/h3-9,14,16,18,20,23H,2,10H2,1H3/q-1. The van der Waals surface area contributed by atoms with Crippen LogP contribution in [-0.2, 0) is 16.0 Å². The largest absolute Gasteiger partial charge is 0.733 e. The molecule has 0 bridgehead atoms.